The van der Waals surface area contributed by atoms with Crippen LogP contribution in [-0.2, 0) is 4.74 Å². The fourth-order valence-electron chi connectivity index (χ4n) is 1.59. The van der Waals surface area contributed by atoms with Crippen molar-refractivity contribution in [2.24, 2.45) is 0 Å². The van der Waals surface area contributed by atoms with Crippen molar-refractivity contribution in [1.29, 1.82) is 0 Å². The topological polar surface area (TPSA) is 108 Å². The zero-order valence-electron chi connectivity index (χ0n) is 10.2. The first kappa shape index (κ1) is 12.8. The number of H-pyrrole nitrogens is 1. The molecule has 0 aliphatic carbocycles. The Labute approximate surface area is 111 Å². The maximum absolute atomic E-state index is 14.0. The van der Waals surface area contributed by atoms with E-state index in [-0.39, 0.29) is 0 Å². The SMILES string of the molecule is [2H][C@@]1(n2cc(F)c(=O)[nH]c2=S)O[C@](F)(CO)[C@@H](O)[C@H]1O. The molecule has 0 amide bonds. The molecule has 0 radical (unpaired) electrons. The zero-order valence-corrected chi connectivity index (χ0v) is 10.0. The summed E-state index contributed by atoms with van der Waals surface area (Å²) in [6.45, 7) is -1.34. The summed E-state index contributed by atoms with van der Waals surface area (Å²) < 4.78 is 39.5. The molecule has 19 heavy (non-hydrogen) atoms. The third kappa shape index (κ3) is 2.21. The van der Waals surface area contributed by atoms with Crippen LogP contribution >= 0.6 is 12.2 Å². The molecular weight excluding hydrogens is 286 g/mol. The fourth-order valence-corrected chi connectivity index (χ4v) is 1.83. The minimum absolute atomic E-state index is 0.434. The van der Waals surface area contributed by atoms with E-state index in [1.807, 2.05) is 4.98 Å². The summed E-state index contributed by atoms with van der Waals surface area (Å²) >= 11 is 4.67. The predicted octanol–water partition coefficient (Wildman–Crippen LogP) is -1.05. The van der Waals surface area contributed by atoms with Gasteiger partial charge in [0, 0.05) is 0 Å². The number of alkyl halides is 1. The van der Waals surface area contributed by atoms with Crippen LogP contribution in [0.25, 0.3) is 0 Å². The highest BCUT2D eigenvalue weighted by molar-refractivity contribution is 7.71. The molecule has 10 heteroatoms. The molecular formula is C9H10F2N2O5S. The summed E-state index contributed by atoms with van der Waals surface area (Å²) in [6, 6.07) is 0. The molecule has 1 saturated heterocycles. The van der Waals surface area contributed by atoms with Crippen LogP contribution in [0.2, 0.25) is 0 Å². The van der Waals surface area contributed by atoms with E-state index in [9.17, 15) is 23.8 Å². The molecule has 1 aromatic heterocycles. The van der Waals surface area contributed by atoms with Crippen molar-refractivity contribution >= 4 is 12.2 Å². The van der Waals surface area contributed by atoms with Crippen LogP contribution in [0.5, 0.6) is 0 Å². The summed E-state index contributed by atoms with van der Waals surface area (Å²) in [4.78, 5) is 12.9. The van der Waals surface area contributed by atoms with Crippen molar-refractivity contribution in [1.82, 2.24) is 9.55 Å². The maximum atomic E-state index is 14.0. The van der Waals surface area contributed by atoms with E-state index in [0.29, 0.717) is 10.8 Å². The van der Waals surface area contributed by atoms with Crippen molar-refractivity contribution in [2.75, 3.05) is 6.61 Å². The van der Waals surface area contributed by atoms with Gasteiger partial charge in [-0.15, -0.1) is 0 Å². The van der Waals surface area contributed by atoms with Gasteiger partial charge < -0.3 is 20.1 Å². The summed E-state index contributed by atoms with van der Waals surface area (Å²) in [7, 11) is 0. The van der Waals surface area contributed by atoms with Crippen LogP contribution in [0.15, 0.2) is 11.0 Å². The normalized spacial score (nSPS) is 39.3. The number of ether oxygens (including phenoxy) is 1. The van der Waals surface area contributed by atoms with Gasteiger partial charge in [-0.2, -0.15) is 4.39 Å². The molecule has 7 nitrogen and oxygen atoms in total. The van der Waals surface area contributed by atoms with Crippen LogP contribution in [-0.4, -0.2) is 49.5 Å². The molecule has 1 aliphatic rings. The van der Waals surface area contributed by atoms with Crippen molar-refractivity contribution < 1.29 is 30.2 Å². The van der Waals surface area contributed by atoms with Gasteiger partial charge in [0.2, 0.25) is 5.82 Å². The van der Waals surface area contributed by atoms with Gasteiger partial charge in [-0.3, -0.25) is 14.3 Å². The number of hydrogen-bond acceptors (Lipinski definition) is 6. The Morgan fingerprint density at radius 3 is 2.84 bits per heavy atom. The molecule has 106 valence electrons. The molecule has 2 rings (SSSR count). The first-order valence-electron chi connectivity index (χ1n) is 5.54. The molecule has 0 spiro atoms. The quantitative estimate of drug-likeness (QED) is 0.519. The lowest BCUT2D eigenvalue weighted by atomic mass is 10.1. The van der Waals surface area contributed by atoms with E-state index in [1.165, 1.54) is 0 Å². The third-order valence-electron chi connectivity index (χ3n) is 2.62. The number of aliphatic hydroxyl groups is 3. The van der Waals surface area contributed by atoms with Gasteiger partial charge in [-0.05, 0) is 12.2 Å². The maximum Gasteiger partial charge on any atom is 0.287 e. The van der Waals surface area contributed by atoms with Crippen LogP contribution in [0.4, 0.5) is 8.78 Å². The molecule has 0 bridgehead atoms. The lowest BCUT2D eigenvalue weighted by molar-refractivity contribution is -0.207. The Kier molecular flexibility index (Phi) is 3.19. The van der Waals surface area contributed by atoms with E-state index in [1.54, 1.807) is 0 Å². The number of aromatic amines is 1. The summed E-state index contributed by atoms with van der Waals surface area (Å²) in [5.74, 6) is -4.47. The third-order valence-corrected chi connectivity index (χ3v) is 2.92. The van der Waals surface area contributed by atoms with Crippen LogP contribution in [0, 0.1) is 10.6 Å². The largest absolute Gasteiger partial charge is 0.390 e. The number of nitrogens with one attached hydrogen (secondary N) is 1. The van der Waals surface area contributed by atoms with E-state index < -0.39 is 47.0 Å². The van der Waals surface area contributed by atoms with Gasteiger partial charge in [-0.25, -0.2) is 4.39 Å². The number of aromatic nitrogens is 2. The summed E-state index contributed by atoms with van der Waals surface area (Å²) in [6.07, 6.45) is -6.76. The van der Waals surface area contributed by atoms with Gasteiger partial charge in [0.1, 0.15) is 18.8 Å². The average molecular weight is 297 g/mol. The predicted molar refractivity (Wildman–Crippen MR) is 58.9 cm³/mol. The molecule has 4 N–H and O–H groups in total. The molecule has 2 heterocycles. The zero-order chi connectivity index (χ0) is 15.3. The van der Waals surface area contributed by atoms with E-state index in [0.717, 1.165) is 0 Å². The monoisotopic (exact) mass is 297 g/mol. The van der Waals surface area contributed by atoms with Crippen molar-refractivity contribution in [2.45, 2.75) is 24.3 Å². The van der Waals surface area contributed by atoms with Crippen molar-refractivity contribution in [3.63, 3.8) is 0 Å². The Morgan fingerprint density at radius 2 is 2.32 bits per heavy atom. The highest BCUT2D eigenvalue weighted by atomic mass is 32.1. The summed E-state index contributed by atoms with van der Waals surface area (Å²) in [5, 5.41) is 28.1. The Balaban J connectivity index is 2.60. The number of halogens is 2. The molecule has 0 saturated carbocycles. The van der Waals surface area contributed by atoms with Crippen molar-refractivity contribution in [3.8, 4) is 0 Å². The molecule has 1 fully saturated rings. The minimum Gasteiger partial charge on any atom is -0.390 e. The van der Waals surface area contributed by atoms with Gasteiger partial charge >= 0.3 is 0 Å². The number of aliphatic hydroxyl groups excluding tert-OH is 3. The smallest absolute Gasteiger partial charge is 0.287 e. The Bertz CT molecular complexity index is 654. The minimum atomic E-state index is -3.12. The second-order valence-electron chi connectivity index (χ2n) is 3.88. The fraction of sp³-hybridized carbons (Fsp3) is 0.556. The molecule has 1 aliphatic heterocycles. The second kappa shape index (κ2) is 4.72. The standard InChI is InChI=1S/C9H10F2N2O5S/c10-3-1-13(8(19)12-6(3)17)7-4(15)5(16)9(11,2-14)18-7/h1,4-5,7,14-16H,2H2,(H,12,17,19)/t4-,5+,7-,9-/m1/s1/i7D. The summed E-state index contributed by atoms with van der Waals surface area (Å²) in [5.41, 5.74) is -1.17. The highest BCUT2D eigenvalue weighted by Crippen LogP contribution is 2.37. The van der Waals surface area contributed by atoms with E-state index >= 15 is 0 Å². The lowest BCUT2D eigenvalue weighted by Crippen LogP contribution is -2.42. The van der Waals surface area contributed by atoms with Gasteiger partial charge in [0.15, 0.2) is 11.0 Å². The van der Waals surface area contributed by atoms with Crippen LogP contribution < -0.4 is 5.56 Å². The molecule has 0 unspecified atom stereocenters. The lowest BCUT2D eigenvalue weighted by Gasteiger charge is -2.20. The number of hydrogen-bond donors (Lipinski definition) is 4. The first-order chi connectivity index (χ1) is 9.15. The van der Waals surface area contributed by atoms with Crippen LogP contribution in [0.3, 0.4) is 0 Å². The first-order valence-corrected chi connectivity index (χ1v) is 5.44. The molecule has 4 atom stereocenters. The van der Waals surface area contributed by atoms with Gasteiger partial charge in [0.05, 0.1) is 7.57 Å². The Hall–Kier alpha value is -1.20. The highest BCUT2D eigenvalue weighted by Gasteiger charge is 2.55. The van der Waals surface area contributed by atoms with Crippen LogP contribution in [0.1, 0.15) is 7.57 Å². The average Bonchev–Trinajstić information content (AvgIpc) is 2.56. The van der Waals surface area contributed by atoms with Crippen molar-refractivity contribution in [3.05, 3.63) is 27.1 Å². The van der Waals surface area contributed by atoms with Gasteiger partial charge in [0.25, 0.3) is 11.4 Å². The second-order valence-corrected chi connectivity index (χ2v) is 4.27. The molecule has 1 aromatic rings. The molecule has 0 aromatic carbocycles. The number of nitrogens with zero attached hydrogens (tertiary/aromatic N) is 1. The Morgan fingerprint density at radius 1 is 1.68 bits per heavy atom. The van der Waals surface area contributed by atoms with E-state index in [4.69, 9.17) is 6.48 Å². The van der Waals surface area contributed by atoms with Gasteiger partial charge in [-0.1, -0.05) is 0 Å². The number of rotatable bonds is 2. The van der Waals surface area contributed by atoms with E-state index in [2.05, 4.69) is 17.0 Å².